The first-order chi connectivity index (χ1) is 16.1. The van der Waals surface area contributed by atoms with Gasteiger partial charge in [0, 0.05) is 27.2 Å². The third-order valence-electron chi connectivity index (χ3n) is 4.81. The number of benzene rings is 1. The van der Waals surface area contributed by atoms with Crippen molar-refractivity contribution < 1.29 is 14.0 Å². The molecule has 0 fully saturated rings. The van der Waals surface area contributed by atoms with Crippen LogP contribution in [-0.2, 0) is 11.3 Å². The van der Waals surface area contributed by atoms with Crippen LogP contribution < -0.4 is 16.2 Å². The van der Waals surface area contributed by atoms with E-state index in [1.165, 1.54) is 28.5 Å². The van der Waals surface area contributed by atoms with Crippen molar-refractivity contribution >= 4 is 56.1 Å². The lowest BCUT2D eigenvalue weighted by Crippen LogP contribution is -2.27. The summed E-state index contributed by atoms with van der Waals surface area (Å²) in [7, 11) is 0. The standard InChI is InChI=1S/C23H16N4O4S2/c28-19(25-14-4-1-5-15(10-14)26-21(29)17-6-2-8-31-17)11-27-13-24-22-20(23(27)30)16(12-33-22)18-7-3-9-32-18/h1-10,12-13H,11H2,(H,25,28)(H,26,29). The molecule has 164 valence electrons. The fourth-order valence-corrected chi connectivity index (χ4v) is 5.04. The van der Waals surface area contributed by atoms with Gasteiger partial charge in [0.2, 0.25) is 5.91 Å². The summed E-state index contributed by atoms with van der Waals surface area (Å²) in [6, 6.07) is 13.8. The number of anilines is 2. The fourth-order valence-electron chi connectivity index (χ4n) is 3.32. The molecular formula is C23H16N4O4S2. The van der Waals surface area contributed by atoms with Crippen LogP contribution in [0.4, 0.5) is 11.4 Å². The zero-order valence-corrected chi connectivity index (χ0v) is 18.6. The molecule has 5 aromatic rings. The van der Waals surface area contributed by atoms with Crippen LogP contribution >= 0.6 is 22.7 Å². The molecule has 4 heterocycles. The summed E-state index contributed by atoms with van der Waals surface area (Å²) in [4.78, 5) is 43.8. The lowest BCUT2D eigenvalue weighted by atomic mass is 10.2. The maximum atomic E-state index is 13.1. The molecule has 0 aliphatic heterocycles. The van der Waals surface area contributed by atoms with Crippen LogP contribution in [0, 0.1) is 0 Å². The Bertz CT molecular complexity index is 1500. The molecule has 0 atom stereocenters. The van der Waals surface area contributed by atoms with Crippen LogP contribution in [0.1, 0.15) is 10.6 Å². The van der Waals surface area contributed by atoms with Crippen LogP contribution in [-0.4, -0.2) is 21.4 Å². The number of nitrogens with zero attached hydrogens (tertiary/aromatic N) is 2. The monoisotopic (exact) mass is 476 g/mol. The third-order valence-corrected chi connectivity index (χ3v) is 6.60. The highest BCUT2D eigenvalue weighted by atomic mass is 32.1. The molecule has 5 rings (SSSR count). The first-order valence-electron chi connectivity index (χ1n) is 9.84. The number of carbonyl (C=O) groups is 2. The van der Waals surface area contributed by atoms with E-state index >= 15 is 0 Å². The summed E-state index contributed by atoms with van der Waals surface area (Å²) >= 11 is 2.95. The Labute approximate surface area is 195 Å². The fraction of sp³-hybridized carbons (Fsp3) is 0.0435. The zero-order valence-electron chi connectivity index (χ0n) is 17.0. The van der Waals surface area contributed by atoms with Crippen molar-refractivity contribution in [2.75, 3.05) is 10.6 Å². The molecule has 0 bridgehead atoms. The van der Waals surface area contributed by atoms with Gasteiger partial charge < -0.3 is 15.1 Å². The van der Waals surface area contributed by atoms with Gasteiger partial charge in [-0.05, 0) is 41.8 Å². The Balaban J connectivity index is 1.32. The van der Waals surface area contributed by atoms with Gasteiger partial charge in [0.05, 0.1) is 18.0 Å². The molecule has 2 amide bonds. The van der Waals surface area contributed by atoms with Gasteiger partial charge in [-0.2, -0.15) is 0 Å². The lowest BCUT2D eigenvalue weighted by Gasteiger charge is -2.09. The molecule has 2 N–H and O–H groups in total. The Kier molecular flexibility index (Phi) is 5.59. The molecule has 0 radical (unpaired) electrons. The van der Waals surface area contributed by atoms with E-state index in [0.29, 0.717) is 21.6 Å². The highest BCUT2D eigenvalue weighted by molar-refractivity contribution is 7.18. The minimum atomic E-state index is -0.397. The number of amides is 2. The number of hydrogen-bond acceptors (Lipinski definition) is 7. The topological polar surface area (TPSA) is 106 Å². The Morgan fingerprint density at radius 1 is 1.03 bits per heavy atom. The summed E-state index contributed by atoms with van der Waals surface area (Å²) < 4.78 is 6.37. The van der Waals surface area contributed by atoms with Crippen molar-refractivity contribution in [3.05, 3.63) is 88.0 Å². The number of furan rings is 1. The maximum absolute atomic E-state index is 13.1. The van der Waals surface area contributed by atoms with E-state index in [1.54, 1.807) is 47.7 Å². The smallest absolute Gasteiger partial charge is 0.291 e. The van der Waals surface area contributed by atoms with Gasteiger partial charge in [0.1, 0.15) is 11.4 Å². The van der Waals surface area contributed by atoms with Crippen LogP contribution in [0.15, 0.2) is 81.1 Å². The largest absolute Gasteiger partial charge is 0.459 e. The van der Waals surface area contributed by atoms with E-state index in [9.17, 15) is 14.4 Å². The molecule has 33 heavy (non-hydrogen) atoms. The van der Waals surface area contributed by atoms with Crippen LogP contribution in [0.3, 0.4) is 0 Å². The lowest BCUT2D eigenvalue weighted by molar-refractivity contribution is -0.116. The van der Waals surface area contributed by atoms with Gasteiger partial charge in [-0.15, -0.1) is 22.7 Å². The number of rotatable bonds is 6. The van der Waals surface area contributed by atoms with Crippen molar-refractivity contribution in [1.29, 1.82) is 0 Å². The minimum Gasteiger partial charge on any atom is -0.459 e. The Morgan fingerprint density at radius 3 is 2.64 bits per heavy atom. The molecule has 0 aliphatic rings. The van der Waals surface area contributed by atoms with Crippen LogP contribution in [0.25, 0.3) is 20.7 Å². The predicted octanol–water partition coefficient (Wildman–Crippen LogP) is 4.67. The summed E-state index contributed by atoms with van der Waals surface area (Å²) in [6.45, 7) is -0.190. The molecule has 0 spiro atoms. The summed E-state index contributed by atoms with van der Waals surface area (Å²) in [6.07, 6.45) is 2.80. The SMILES string of the molecule is O=C(Cn1cnc2scc(-c3cccs3)c2c1=O)Nc1cccc(NC(=O)c2ccco2)c1. The number of carbonyl (C=O) groups excluding carboxylic acids is 2. The Morgan fingerprint density at radius 2 is 1.88 bits per heavy atom. The molecular weight excluding hydrogens is 460 g/mol. The summed E-state index contributed by atoms with van der Waals surface area (Å²) in [5.41, 5.74) is 1.54. The normalized spacial score (nSPS) is 10.9. The highest BCUT2D eigenvalue weighted by Crippen LogP contribution is 2.33. The summed E-state index contributed by atoms with van der Waals surface area (Å²) in [5, 5.41) is 9.84. The molecule has 1 aromatic carbocycles. The van der Waals surface area contributed by atoms with Crippen LogP contribution in [0.2, 0.25) is 0 Å². The Hall–Kier alpha value is -4.02. The average Bonchev–Trinajstić information content (AvgIpc) is 3.57. The molecule has 8 nitrogen and oxygen atoms in total. The number of fused-ring (bicyclic) bond motifs is 1. The number of nitrogens with one attached hydrogen (secondary N) is 2. The number of aromatic nitrogens is 2. The van der Waals surface area contributed by atoms with Crippen molar-refractivity contribution in [1.82, 2.24) is 9.55 Å². The average molecular weight is 477 g/mol. The van der Waals surface area contributed by atoms with Crippen molar-refractivity contribution in [3.63, 3.8) is 0 Å². The van der Waals surface area contributed by atoms with Crippen LogP contribution in [0.5, 0.6) is 0 Å². The van der Waals surface area contributed by atoms with Gasteiger partial charge >= 0.3 is 0 Å². The molecule has 4 aromatic heterocycles. The summed E-state index contributed by atoms with van der Waals surface area (Å²) in [5.74, 6) is -0.602. The second kappa shape index (κ2) is 8.85. The van der Waals surface area contributed by atoms with Crippen molar-refractivity contribution in [3.8, 4) is 10.4 Å². The van der Waals surface area contributed by atoms with Gasteiger partial charge in [-0.25, -0.2) is 4.98 Å². The van der Waals surface area contributed by atoms with E-state index in [-0.39, 0.29) is 23.8 Å². The third kappa shape index (κ3) is 4.34. The van der Waals surface area contributed by atoms with Gasteiger partial charge in [0.15, 0.2) is 5.76 Å². The van der Waals surface area contributed by atoms with E-state index in [4.69, 9.17) is 4.42 Å². The second-order valence-electron chi connectivity index (χ2n) is 7.04. The molecule has 0 aliphatic carbocycles. The van der Waals surface area contributed by atoms with E-state index < -0.39 is 5.91 Å². The molecule has 0 unspecified atom stereocenters. The first kappa shape index (κ1) is 20.9. The quantitative estimate of drug-likeness (QED) is 0.370. The highest BCUT2D eigenvalue weighted by Gasteiger charge is 2.15. The maximum Gasteiger partial charge on any atom is 0.291 e. The number of hydrogen-bond donors (Lipinski definition) is 2. The van der Waals surface area contributed by atoms with E-state index in [2.05, 4.69) is 15.6 Å². The van der Waals surface area contributed by atoms with Gasteiger partial charge in [-0.3, -0.25) is 19.0 Å². The van der Waals surface area contributed by atoms with E-state index in [1.807, 2.05) is 22.9 Å². The predicted molar refractivity (Wildman–Crippen MR) is 129 cm³/mol. The number of thiophene rings is 2. The molecule has 0 saturated carbocycles. The molecule has 10 heteroatoms. The zero-order chi connectivity index (χ0) is 22.8. The van der Waals surface area contributed by atoms with Crippen molar-refractivity contribution in [2.45, 2.75) is 6.54 Å². The van der Waals surface area contributed by atoms with Gasteiger partial charge in [0.25, 0.3) is 11.5 Å². The molecule has 0 saturated heterocycles. The first-order valence-corrected chi connectivity index (χ1v) is 11.6. The van der Waals surface area contributed by atoms with E-state index in [0.717, 1.165) is 10.4 Å². The van der Waals surface area contributed by atoms with Crippen molar-refractivity contribution in [2.24, 2.45) is 0 Å². The minimum absolute atomic E-state index is 0.182. The second-order valence-corrected chi connectivity index (χ2v) is 8.85. The van der Waals surface area contributed by atoms with Gasteiger partial charge in [-0.1, -0.05) is 12.1 Å².